The molecule has 0 saturated heterocycles. The molecule has 4 heteroatoms. The molecular formula is C28H29N3S. The van der Waals surface area contributed by atoms with E-state index in [1.807, 2.05) is 6.07 Å². The SMILES string of the molecule is CC(C)(C)Cc1nc(-c2cc(-c3cc(C(C)(C)C)c4ccccc4c3)ncc2C#N)cs1. The summed E-state index contributed by atoms with van der Waals surface area (Å²) in [4.78, 5) is 9.51. The van der Waals surface area contributed by atoms with Crippen LogP contribution in [0.25, 0.3) is 33.3 Å². The van der Waals surface area contributed by atoms with Crippen LogP contribution >= 0.6 is 11.3 Å². The third kappa shape index (κ3) is 4.59. The fourth-order valence-corrected chi connectivity index (χ4v) is 5.06. The van der Waals surface area contributed by atoms with Crippen LogP contribution in [0.5, 0.6) is 0 Å². The van der Waals surface area contributed by atoms with Gasteiger partial charge in [-0.1, -0.05) is 65.8 Å². The Morgan fingerprint density at radius 3 is 2.41 bits per heavy atom. The molecule has 0 spiro atoms. The first kappa shape index (κ1) is 22.2. The van der Waals surface area contributed by atoms with E-state index in [0.29, 0.717) is 5.56 Å². The summed E-state index contributed by atoms with van der Waals surface area (Å²) in [5.74, 6) is 0. The lowest BCUT2D eigenvalue weighted by Crippen LogP contribution is -2.12. The predicted octanol–water partition coefficient (Wildman–Crippen LogP) is 7.78. The van der Waals surface area contributed by atoms with E-state index in [2.05, 4.69) is 94.4 Å². The Morgan fingerprint density at radius 1 is 0.969 bits per heavy atom. The minimum Gasteiger partial charge on any atom is -0.255 e. The van der Waals surface area contributed by atoms with Gasteiger partial charge in [-0.15, -0.1) is 11.3 Å². The lowest BCUT2D eigenvalue weighted by atomic mass is 9.82. The van der Waals surface area contributed by atoms with E-state index >= 15 is 0 Å². The fourth-order valence-electron chi connectivity index (χ4n) is 3.96. The summed E-state index contributed by atoms with van der Waals surface area (Å²) in [6.07, 6.45) is 2.59. The number of benzene rings is 2. The molecule has 0 aliphatic rings. The first-order chi connectivity index (χ1) is 15.0. The summed E-state index contributed by atoms with van der Waals surface area (Å²) >= 11 is 1.66. The second kappa shape index (κ2) is 8.15. The average molecular weight is 440 g/mol. The van der Waals surface area contributed by atoms with Gasteiger partial charge < -0.3 is 0 Å². The standard InChI is InChI=1S/C28H29N3S/c1-27(2,3)14-26-31-25(17-32-26)22-13-24(30-16-20(22)15-29)19-11-18-9-7-8-10-21(18)23(12-19)28(4,5)6/h7-13,16-17H,14H2,1-6H3. The molecule has 0 aliphatic carbocycles. The highest BCUT2D eigenvalue weighted by atomic mass is 32.1. The molecule has 2 aromatic carbocycles. The number of hydrogen-bond donors (Lipinski definition) is 0. The second-order valence-electron chi connectivity index (χ2n) is 10.6. The first-order valence-corrected chi connectivity index (χ1v) is 11.8. The van der Waals surface area contributed by atoms with Gasteiger partial charge in [0.2, 0.25) is 0 Å². The van der Waals surface area contributed by atoms with Crippen molar-refractivity contribution in [1.29, 1.82) is 5.26 Å². The van der Waals surface area contributed by atoms with Gasteiger partial charge in [0.25, 0.3) is 0 Å². The van der Waals surface area contributed by atoms with Crippen molar-refractivity contribution in [3.8, 4) is 28.6 Å². The van der Waals surface area contributed by atoms with Gasteiger partial charge in [-0.2, -0.15) is 5.26 Å². The highest BCUT2D eigenvalue weighted by molar-refractivity contribution is 7.09. The minimum atomic E-state index is 0.00179. The molecule has 0 saturated carbocycles. The molecule has 2 heterocycles. The van der Waals surface area contributed by atoms with Gasteiger partial charge in [0.15, 0.2) is 0 Å². The van der Waals surface area contributed by atoms with Crippen LogP contribution in [0, 0.1) is 16.7 Å². The Hall–Kier alpha value is -3.03. The molecular weight excluding hydrogens is 410 g/mol. The number of thiazole rings is 1. The molecule has 0 N–H and O–H groups in total. The maximum atomic E-state index is 9.71. The lowest BCUT2D eigenvalue weighted by Gasteiger charge is -2.22. The number of nitrogens with zero attached hydrogens (tertiary/aromatic N) is 3. The molecule has 0 amide bonds. The third-order valence-corrected chi connectivity index (χ3v) is 6.35. The topological polar surface area (TPSA) is 49.6 Å². The zero-order chi connectivity index (χ0) is 23.1. The summed E-state index contributed by atoms with van der Waals surface area (Å²) < 4.78 is 0. The molecule has 0 atom stereocenters. The molecule has 0 radical (unpaired) electrons. The lowest BCUT2D eigenvalue weighted by molar-refractivity contribution is 0.410. The van der Waals surface area contributed by atoms with E-state index in [4.69, 9.17) is 4.98 Å². The molecule has 3 nitrogen and oxygen atoms in total. The minimum absolute atomic E-state index is 0.00179. The highest BCUT2D eigenvalue weighted by Crippen LogP contribution is 2.36. The maximum absolute atomic E-state index is 9.71. The summed E-state index contributed by atoms with van der Waals surface area (Å²) in [6, 6.07) is 17.2. The smallest absolute Gasteiger partial charge is 0.101 e. The van der Waals surface area contributed by atoms with Crippen LogP contribution in [0.3, 0.4) is 0 Å². The number of nitriles is 1. The summed E-state index contributed by atoms with van der Waals surface area (Å²) in [6.45, 7) is 13.4. The zero-order valence-electron chi connectivity index (χ0n) is 19.7. The fraction of sp³-hybridized carbons (Fsp3) is 0.321. The van der Waals surface area contributed by atoms with E-state index < -0.39 is 0 Å². The molecule has 32 heavy (non-hydrogen) atoms. The monoisotopic (exact) mass is 439 g/mol. The van der Waals surface area contributed by atoms with Gasteiger partial charge in [-0.3, -0.25) is 4.98 Å². The Morgan fingerprint density at radius 2 is 1.72 bits per heavy atom. The van der Waals surface area contributed by atoms with Crippen molar-refractivity contribution in [2.75, 3.05) is 0 Å². The Labute approximate surface area is 194 Å². The Balaban J connectivity index is 1.85. The molecule has 0 bridgehead atoms. The average Bonchev–Trinajstić information content (AvgIpc) is 3.18. The van der Waals surface area contributed by atoms with Crippen LogP contribution in [0.15, 0.2) is 54.0 Å². The Bertz CT molecular complexity index is 1330. The number of fused-ring (bicyclic) bond motifs is 1. The van der Waals surface area contributed by atoms with Gasteiger partial charge in [0.1, 0.15) is 6.07 Å². The highest BCUT2D eigenvalue weighted by Gasteiger charge is 2.20. The molecule has 0 aliphatic heterocycles. The van der Waals surface area contributed by atoms with Crippen molar-refractivity contribution in [1.82, 2.24) is 9.97 Å². The number of hydrogen-bond acceptors (Lipinski definition) is 4. The summed E-state index contributed by atoms with van der Waals surface area (Å²) in [7, 11) is 0. The maximum Gasteiger partial charge on any atom is 0.101 e. The van der Waals surface area contributed by atoms with Crippen LogP contribution < -0.4 is 0 Å². The van der Waals surface area contributed by atoms with Crippen molar-refractivity contribution >= 4 is 22.1 Å². The summed E-state index contributed by atoms with van der Waals surface area (Å²) in [5.41, 5.74) is 5.64. The Kier molecular flexibility index (Phi) is 5.65. The molecule has 0 unspecified atom stereocenters. The van der Waals surface area contributed by atoms with Gasteiger partial charge in [0, 0.05) is 29.1 Å². The van der Waals surface area contributed by atoms with Crippen LogP contribution in [-0.4, -0.2) is 9.97 Å². The van der Waals surface area contributed by atoms with E-state index in [9.17, 15) is 5.26 Å². The van der Waals surface area contributed by atoms with Gasteiger partial charge >= 0.3 is 0 Å². The van der Waals surface area contributed by atoms with E-state index in [0.717, 1.165) is 33.9 Å². The molecule has 4 aromatic rings. The van der Waals surface area contributed by atoms with Crippen molar-refractivity contribution in [3.05, 3.63) is 70.2 Å². The number of rotatable bonds is 3. The van der Waals surface area contributed by atoms with Crippen LogP contribution in [0.4, 0.5) is 0 Å². The van der Waals surface area contributed by atoms with Gasteiger partial charge in [-0.25, -0.2) is 4.98 Å². The molecule has 162 valence electrons. The number of pyridine rings is 1. The third-order valence-electron chi connectivity index (χ3n) is 5.50. The van der Waals surface area contributed by atoms with E-state index in [1.165, 1.54) is 16.3 Å². The van der Waals surface area contributed by atoms with E-state index in [1.54, 1.807) is 17.5 Å². The quantitative estimate of drug-likeness (QED) is 0.327. The zero-order valence-corrected chi connectivity index (χ0v) is 20.5. The van der Waals surface area contributed by atoms with Crippen LogP contribution in [0.1, 0.15) is 57.7 Å². The van der Waals surface area contributed by atoms with E-state index in [-0.39, 0.29) is 10.8 Å². The van der Waals surface area contributed by atoms with Gasteiger partial charge in [0.05, 0.1) is 22.0 Å². The van der Waals surface area contributed by atoms with Crippen LogP contribution in [-0.2, 0) is 11.8 Å². The van der Waals surface area contributed by atoms with Crippen LogP contribution in [0.2, 0.25) is 0 Å². The first-order valence-electron chi connectivity index (χ1n) is 10.9. The van der Waals surface area contributed by atoms with Crippen molar-refractivity contribution < 1.29 is 0 Å². The molecule has 4 rings (SSSR count). The van der Waals surface area contributed by atoms with Crippen molar-refractivity contribution in [3.63, 3.8) is 0 Å². The van der Waals surface area contributed by atoms with Crippen molar-refractivity contribution in [2.24, 2.45) is 5.41 Å². The van der Waals surface area contributed by atoms with Gasteiger partial charge in [-0.05, 0) is 45.4 Å². The molecule has 0 fully saturated rings. The predicted molar refractivity (Wildman–Crippen MR) is 135 cm³/mol. The second-order valence-corrected chi connectivity index (χ2v) is 11.5. The van der Waals surface area contributed by atoms with Crippen molar-refractivity contribution in [2.45, 2.75) is 53.4 Å². The normalized spacial score (nSPS) is 12.2. The summed E-state index contributed by atoms with van der Waals surface area (Å²) in [5, 5.41) is 15.3. The largest absolute Gasteiger partial charge is 0.255 e. The number of aromatic nitrogens is 2. The molecule has 2 aromatic heterocycles.